The molecular weight excluding hydrogens is 250 g/mol. The molecule has 3 nitrogen and oxygen atoms in total. The Labute approximate surface area is 113 Å². The van der Waals surface area contributed by atoms with Crippen molar-refractivity contribution in [1.82, 2.24) is 5.32 Å². The highest BCUT2D eigenvalue weighted by Crippen LogP contribution is 2.15. The van der Waals surface area contributed by atoms with Gasteiger partial charge in [0, 0.05) is 11.4 Å². The van der Waals surface area contributed by atoms with Crippen LogP contribution in [0.15, 0.2) is 24.3 Å². The second kappa shape index (κ2) is 6.76. The number of rotatable bonds is 6. The average molecular weight is 270 g/mol. The monoisotopic (exact) mass is 269 g/mol. The summed E-state index contributed by atoms with van der Waals surface area (Å²) in [6, 6.07) is 7.17. The number of nitrogens with one attached hydrogen (secondary N) is 1. The quantitative estimate of drug-likeness (QED) is 0.780. The smallest absolute Gasteiger partial charge is 0.251 e. The summed E-state index contributed by atoms with van der Waals surface area (Å²) in [7, 11) is 0. The molecule has 1 aromatic rings. The fourth-order valence-corrected chi connectivity index (χ4v) is 1.93. The van der Waals surface area contributed by atoms with Crippen molar-refractivity contribution < 1.29 is 9.90 Å². The maximum Gasteiger partial charge on any atom is 0.251 e. The Morgan fingerprint density at radius 3 is 2.22 bits per heavy atom. The molecule has 0 aliphatic rings. The lowest BCUT2D eigenvalue weighted by Crippen LogP contribution is -2.50. The van der Waals surface area contributed by atoms with Crippen molar-refractivity contribution >= 4 is 17.5 Å². The van der Waals surface area contributed by atoms with Gasteiger partial charge in [-0.25, -0.2) is 0 Å². The Morgan fingerprint density at radius 2 is 1.83 bits per heavy atom. The lowest BCUT2D eigenvalue weighted by atomic mass is 9.93. The second-order valence-electron chi connectivity index (χ2n) is 4.43. The molecule has 4 heteroatoms. The van der Waals surface area contributed by atoms with E-state index in [-0.39, 0.29) is 12.5 Å². The maximum atomic E-state index is 12.1. The van der Waals surface area contributed by atoms with Gasteiger partial charge in [-0.15, -0.1) is 11.6 Å². The Morgan fingerprint density at radius 1 is 1.28 bits per heavy atom. The predicted molar refractivity (Wildman–Crippen MR) is 73.9 cm³/mol. The summed E-state index contributed by atoms with van der Waals surface area (Å²) < 4.78 is 0. The molecule has 2 N–H and O–H groups in total. The van der Waals surface area contributed by atoms with Gasteiger partial charge in [-0.2, -0.15) is 0 Å². The van der Waals surface area contributed by atoms with Crippen LogP contribution in [0.4, 0.5) is 0 Å². The van der Waals surface area contributed by atoms with Crippen molar-refractivity contribution in [1.29, 1.82) is 0 Å². The Kier molecular flexibility index (Phi) is 5.63. The second-order valence-corrected chi connectivity index (χ2v) is 4.70. The standard InChI is InChI=1S/C14H20ClNO2/c1-3-14(4-2,10-17)16-13(18)12-7-5-11(9-15)6-8-12/h5-8,17H,3-4,9-10H2,1-2H3,(H,16,18). The predicted octanol–water partition coefficient (Wildman–Crippen LogP) is 2.71. The molecule has 0 saturated heterocycles. The number of alkyl halides is 1. The van der Waals surface area contributed by atoms with Gasteiger partial charge in [0.15, 0.2) is 0 Å². The van der Waals surface area contributed by atoms with Crippen molar-refractivity contribution in [2.75, 3.05) is 6.61 Å². The summed E-state index contributed by atoms with van der Waals surface area (Å²) in [6.07, 6.45) is 1.40. The Hall–Kier alpha value is -1.06. The third-order valence-corrected chi connectivity index (χ3v) is 3.71. The Bertz CT molecular complexity index is 377. The van der Waals surface area contributed by atoms with Crippen LogP contribution in [-0.4, -0.2) is 23.2 Å². The van der Waals surface area contributed by atoms with E-state index in [9.17, 15) is 9.90 Å². The van der Waals surface area contributed by atoms with E-state index in [0.717, 1.165) is 5.56 Å². The topological polar surface area (TPSA) is 49.3 Å². The molecule has 0 heterocycles. The molecule has 1 amide bonds. The van der Waals surface area contributed by atoms with Gasteiger partial charge < -0.3 is 10.4 Å². The van der Waals surface area contributed by atoms with Crippen molar-refractivity contribution in [3.05, 3.63) is 35.4 Å². The largest absolute Gasteiger partial charge is 0.394 e. The van der Waals surface area contributed by atoms with E-state index in [1.165, 1.54) is 0 Å². The number of benzene rings is 1. The molecule has 1 rings (SSSR count). The molecule has 0 aromatic heterocycles. The number of amides is 1. The van der Waals surface area contributed by atoms with Crippen molar-refractivity contribution in [2.24, 2.45) is 0 Å². The summed E-state index contributed by atoms with van der Waals surface area (Å²) in [5.41, 5.74) is 1.04. The van der Waals surface area contributed by atoms with E-state index in [1.807, 2.05) is 26.0 Å². The van der Waals surface area contributed by atoms with E-state index in [4.69, 9.17) is 11.6 Å². The van der Waals surface area contributed by atoms with Crippen molar-refractivity contribution in [3.63, 3.8) is 0 Å². The minimum absolute atomic E-state index is 0.0501. The number of aliphatic hydroxyl groups excluding tert-OH is 1. The highest BCUT2D eigenvalue weighted by Gasteiger charge is 2.27. The molecule has 0 bridgehead atoms. The molecule has 0 radical (unpaired) electrons. The zero-order valence-corrected chi connectivity index (χ0v) is 11.6. The third-order valence-electron chi connectivity index (χ3n) is 3.41. The molecule has 0 aliphatic heterocycles. The highest BCUT2D eigenvalue weighted by molar-refractivity contribution is 6.17. The minimum Gasteiger partial charge on any atom is -0.394 e. The van der Waals surface area contributed by atoms with Gasteiger partial charge in [-0.3, -0.25) is 4.79 Å². The fourth-order valence-electron chi connectivity index (χ4n) is 1.75. The van der Waals surface area contributed by atoms with Crippen LogP contribution >= 0.6 is 11.6 Å². The molecule has 0 saturated carbocycles. The lowest BCUT2D eigenvalue weighted by molar-refractivity contribution is 0.0818. The molecule has 100 valence electrons. The van der Waals surface area contributed by atoms with Gasteiger partial charge in [0.25, 0.3) is 5.91 Å². The van der Waals surface area contributed by atoms with Gasteiger partial charge in [0.2, 0.25) is 0 Å². The SMILES string of the molecule is CCC(CC)(CO)NC(=O)c1ccc(CCl)cc1. The normalized spacial score (nSPS) is 11.3. The van der Waals surface area contributed by atoms with Gasteiger partial charge in [-0.05, 0) is 30.5 Å². The maximum absolute atomic E-state index is 12.1. The molecular formula is C14H20ClNO2. The molecule has 0 spiro atoms. The number of hydrogen-bond acceptors (Lipinski definition) is 2. The van der Waals surface area contributed by atoms with Crippen LogP contribution in [0.1, 0.15) is 42.6 Å². The first-order chi connectivity index (χ1) is 8.60. The summed E-state index contributed by atoms with van der Waals surface area (Å²) in [4.78, 5) is 12.1. The summed E-state index contributed by atoms with van der Waals surface area (Å²) in [5, 5.41) is 12.3. The fraction of sp³-hybridized carbons (Fsp3) is 0.500. The molecule has 0 aliphatic carbocycles. The van der Waals surface area contributed by atoms with Gasteiger partial charge in [0.1, 0.15) is 0 Å². The first-order valence-electron chi connectivity index (χ1n) is 6.19. The number of hydrogen-bond donors (Lipinski definition) is 2. The number of carbonyl (C=O) groups excluding carboxylic acids is 1. The van der Waals surface area contributed by atoms with Crippen molar-refractivity contribution in [3.8, 4) is 0 Å². The lowest BCUT2D eigenvalue weighted by Gasteiger charge is -2.30. The average Bonchev–Trinajstić information content (AvgIpc) is 2.45. The van der Waals surface area contributed by atoms with Crippen LogP contribution in [0.25, 0.3) is 0 Å². The Balaban J connectivity index is 2.80. The van der Waals surface area contributed by atoms with Crippen LogP contribution in [0.5, 0.6) is 0 Å². The van der Waals surface area contributed by atoms with Crippen LogP contribution in [0.3, 0.4) is 0 Å². The van der Waals surface area contributed by atoms with Crippen molar-refractivity contribution in [2.45, 2.75) is 38.1 Å². The number of aliphatic hydroxyl groups is 1. The van der Waals surface area contributed by atoms with E-state index in [1.54, 1.807) is 12.1 Å². The van der Waals surface area contributed by atoms with Gasteiger partial charge in [-0.1, -0.05) is 26.0 Å². The summed E-state index contributed by atoms with van der Waals surface area (Å²) in [5.74, 6) is 0.278. The molecule has 1 aromatic carbocycles. The summed E-state index contributed by atoms with van der Waals surface area (Å²) in [6.45, 7) is 3.86. The summed E-state index contributed by atoms with van der Waals surface area (Å²) >= 11 is 5.70. The van der Waals surface area contributed by atoms with Gasteiger partial charge in [0.05, 0.1) is 12.1 Å². The van der Waals surface area contributed by atoms with E-state index < -0.39 is 5.54 Å². The highest BCUT2D eigenvalue weighted by atomic mass is 35.5. The van der Waals surface area contributed by atoms with Crippen LogP contribution in [0.2, 0.25) is 0 Å². The van der Waals surface area contributed by atoms with E-state index >= 15 is 0 Å². The molecule has 0 atom stereocenters. The first kappa shape index (κ1) is 15.0. The molecule has 0 fully saturated rings. The number of halogens is 1. The van der Waals surface area contributed by atoms with Crippen LogP contribution in [0, 0.1) is 0 Å². The van der Waals surface area contributed by atoms with Crippen LogP contribution < -0.4 is 5.32 Å². The first-order valence-corrected chi connectivity index (χ1v) is 6.72. The van der Waals surface area contributed by atoms with Gasteiger partial charge >= 0.3 is 0 Å². The molecule has 18 heavy (non-hydrogen) atoms. The minimum atomic E-state index is -0.526. The van der Waals surface area contributed by atoms with E-state index in [2.05, 4.69) is 5.32 Å². The van der Waals surface area contributed by atoms with E-state index in [0.29, 0.717) is 24.3 Å². The third kappa shape index (κ3) is 3.47. The molecule has 0 unspecified atom stereocenters. The zero-order chi connectivity index (χ0) is 13.6. The number of carbonyl (C=O) groups is 1. The van der Waals surface area contributed by atoms with Crippen LogP contribution in [-0.2, 0) is 5.88 Å². The zero-order valence-electron chi connectivity index (χ0n) is 10.9.